The molecule has 1 atom stereocenters. The van der Waals surface area contributed by atoms with Crippen molar-refractivity contribution in [2.45, 2.75) is 11.5 Å². The summed E-state index contributed by atoms with van der Waals surface area (Å²) in [5.41, 5.74) is -0.512. The van der Waals surface area contributed by atoms with Crippen LogP contribution in [0.4, 0.5) is 13.2 Å². The van der Waals surface area contributed by atoms with E-state index in [4.69, 9.17) is 5.11 Å². The minimum atomic E-state index is -3.86. The van der Waals surface area contributed by atoms with E-state index >= 15 is 0 Å². The second-order valence-electron chi connectivity index (χ2n) is 2.47. The average molecular weight is 211 g/mol. The van der Waals surface area contributed by atoms with Gasteiger partial charge in [-0.3, -0.25) is 0 Å². The van der Waals surface area contributed by atoms with Crippen LogP contribution in [0, 0.1) is 5.82 Å². The van der Waals surface area contributed by atoms with Crippen molar-refractivity contribution < 1.29 is 18.3 Å². The molecule has 0 aliphatic heterocycles. The number of hydrogen-bond acceptors (Lipinski definition) is 1. The van der Waals surface area contributed by atoms with Gasteiger partial charge in [0.1, 0.15) is 5.82 Å². The molecule has 0 saturated heterocycles. The van der Waals surface area contributed by atoms with Crippen LogP contribution in [0.5, 0.6) is 0 Å². The number of hydrogen-bond donors (Lipinski definition) is 1. The van der Waals surface area contributed by atoms with Crippen molar-refractivity contribution in [3.8, 4) is 0 Å². The predicted octanol–water partition coefficient (Wildman–Crippen LogP) is 2.69. The number of rotatable bonds is 2. The van der Waals surface area contributed by atoms with Gasteiger partial charge in [0.05, 0.1) is 0 Å². The maximum Gasteiger partial charge on any atom is 0.351 e. The first-order valence-corrected chi connectivity index (χ1v) is 3.80. The lowest BCUT2D eigenvalue weighted by Gasteiger charge is -2.16. The van der Waals surface area contributed by atoms with Gasteiger partial charge in [0.25, 0.3) is 0 Å². The molecule has 1 aromatic carbocycles. The fourth-order valence-electron chi connectivity index (χ4n) is 0.873. The Balaban J connectivity index is 3.02. The van der Waals surface area contributed by atoms with Gasteiger partial charge in [-0.15, -0.1) is 0 Å². The third-order valence-electron chi connectivity index (χ3n) is 1.51. The molecule has 1 unspecified atom stereocenters. The SMILES string of the molecule is OC(c1ccccc1F)C(F)(F)Cl. The molecule has 5 heteroatoms. The van der Waals surface area contributed by atoms with E-state index in [1.54, 1.807) is 0 Å². The largest absolute Gasteiger partial charge is 0.381 e. The molecule has 1 nitrogen and oxygen atoms in total. The molecule has 0 bridgehead atoms. The fraction of sp³-hybridized carbons (Fsp3) is 0.250. The third kappa shape index (κ3) is 2.35. The van der Waals surface area contributed by atoms with Gasteiger partial charge in [0, 0.05) is 5.56 Å². The van der Waals surface area contributed by atoms with Crippen LogP contribution >= 0.6 is 11.6 Å². The molecular formula is C8H6ClF3O. The van der Waals surface area contributed by atoms with Crippen molar-refractivity contribution in [2.24, 2.45) is 0 Å². The number of benzene rings is 1. The summed E-state index contributed by atoms with van der Waals surface area (Å²) < 4.78 is 37.5. The van der Waals surface area contributed by atoms with E-state index in [2.05, 4.69) is 11.6 Å². The van der Waals surface area contributed by atoms with Gasteiger partial charge in [0.15, 0.2) is 6.10 Å². The molecule has 0 aliphatic rings. The number of aliphatic hydroxyl groups is 1. The van der Waals surface area contributed by atoms with E-state index < -0.39 is 22.9 Å². The Morgan fingerprint density at radius 3 is 2.31 bits per heavy atom. The van der Waals surface area contributed by atoms with Crippen LogP contribution in [-0.2, 0) is 0 Å². The summed E-state index contributed by atoms with van der Waals surface area (Å²) in [5.74, 6) is -0.907. The highest BCUT2D eigenvalue weighted by Crippen LogP contribution is 2.35. The van der Waals surface area contributed by atoms with Crippen molar-refractivity contribution in [3.05, 3.63) is 35.6 Å². The van der Waals surface area contributed by atoms with Crippen LogP contribution in [0.1, 0.15) is 11.7 Å². The van der Waals surface area contributed by atoms with Gasteiger partial charge in [-0.05, 0) is 17.7 Å². The lowest BCUT2D eigenvalue weighted by molar-refractivity contribution is -0.0441. The van der Waals surface area contributed by atoms with Crippen molar-refractivity contribution in [1.29, 1.82) is 0 Å². The van der Waals surface area contributed by atoms with Gasteiger partial charge in [-0.1, -0.05) is 18.2 Å². The Labute approximate surface area is 77.8 Å². The van der Waals surface area contributed by atoms with Crippen molar-refractivity contribution in [2.75, 3.05) is 0 Å². The first-order valence-electron chi connectivity index (χ1n) is 3.42. The molecule has 1 N–H and O–H groups in total. The van der Waals surface area contributed by atoms with Gasteiger partial charge >= 0.3 is 5.38 Å². The smallest absolute Gasteiger partial charge is 0.351 e. The second kappa shape index (κ2) is 3.55. The Kier molecular flexibility index (Phi) is 2.83. The highest BCUT2D eigenvalue weighted by atomic mass is 35.5. The van der Waals surface area contributed by atoms with E-state index in [9.17, 15) is 13.2 Å². The molecule has 1 aromatic rings. The summed E-state index contributed by atoms with van der Waals surface area (Å²) in [5, 5.41) is 5.06. The molecule has 72 valence electrons. The quantitative estimate of drug-likeness (QED) is 0.745. The maximum absolute atomic E-state index is 12.8. The number of alkyl halides is 3. The first-order chi connectivity index (χ1) is 5.93. The Bertz CT molecular complexity index is 298. The molecule has 0 radical (unpaired) electrons. The molecule has 0 heterocycles. The van der Waals surface area contributed by atoms with Crippen LogP contribution in [-0.4, -0.2) is 10.5 Å². The van der Waals surface area contributed by atoms with Crippen molar-refractivity contribution >= 4 is 11.6 Å². The lowest BCUT2D eigenvalue weighted by Crippen LogP contribution is -2.19. The molecule has 0 aromatic heterocycles. The summed E-state index contributed by atoms with van der Waals surface area (Å²) >= 11 is 4.54. The van der Waals surface area contributed by atoms with Gasteiger partial charge in [-0.2, -0.15) is 8.78 Å². The maximum atomic E-state index is 12.8. The predicted molar refractivity (Wildman–Crippen MR) is 42.2 cm³/mol. The fourth-order valence-corrected chi connectivity index (χ4v) is 0.991. The Morgan fingerprint density at radius 1 is 1.31 bits per heavy atom. The van der Waals surface area contributed by atoms with Crippen molar-refractivity contribution in [1.82, 2.24) is 0 Å². The minimum absolute atomic E-state index is 0.512. The zero-order chi connectivity index (χ0) is 10.1. The zero-order valence-corrected chi connectivity index (χ0v) is 7.10. The molecule has 0 saturated carbocycles. The standard InChI is InChI=1S/C8H6ClF3O/c9-8(11,12)7(13)5-3-1-2-4-6(5)10/h1-4,7,13H. The summed E-state index contributed by atoms with van der Waals surface area (Å²) in [7, 11) is 0. The second-order valence-corrected chi connectivity index (χ2v) is 2.97. The van der Waals surface area contributed by atoms with Crippen LogP contribution < -0.4 is 0 Å². The Hall–Kier alpha value is -0.740. The number of halogens is 4. The van der Waals surface area contributed by atoms with Gasteiger partial charge in [-0.25, -0.2) is 4.39 Å². The van der Waals surface area contributed by atoms with E-state index in [0.29, 0.717) is 0 Å². The van der Waals surface area contributed by atoms with E-state index in [-0.39, 0.29) is 0 Å². The van der Waals surface area contributed by atoms with E-state index in [1.165, 1.54) is 12.1 Å². The first kappa shape index (κ1) is 10.3. The molecule has 0 amide bonds. The normalized spacial score (nSPS) is 14.2. The van der Waals surface area contributed by atoms with Crippen LogP contribution in [0.15, 0.2) is 24.3 Å². The molecule has 0 fully saturated rings. The summed E-state index contributed by atoms with van der Waals surface area (Å²) in [6.07, 6.45) is -2.32. The molecule has 0 aliphatic carbocycles. The van der Waals surface area contributed by atoms with Gasteiger partial charge < -0.3 is 5.11 Å². The molecular weight excluding hydrogens is 205 g/mol. The highest BCUT2D eigenvalue weighted by Gasteiger charge is 2.38. The zero-order valence-electron chi connectivity index (χ0n) is 6.35. The average Bonchev–Trinajstić information content (AvgIpc) is 2.02. The summed E-state index contributed by atoms with van der Waals surface area (Å²) in [6, 6.07) is 4.69. The lowest BCUT2D eigenvalue weighted by atomic mass is 10.1. The van der Waals surface area contributed by atoms with Gasteiger partial charge in [0.2, 0.25) is 0 Å². The highest BCUT2D eigenvalue weighted by molar-refractivity contribution is 6.22. The molecule has 0 spiro atoms. The molecule has 1 rings (SSSR count). The summed E-state index contributed by atoms with van der Waals surface area (Å²) in [6.45, 7) is 0. The monoisotopic (exact) mass is 210 g/mol. The minimum Gasteiger partial charge on any atom is -0.381 e. The van der Waals surface area contributed by atoms with E-state index in [0.717, 1.165) is 12.1 Å². The van der Waals surface area contributed by atoms with Crippen LogP contribution in [0.25, 0.3) is 0 Å². The number of aliphatic hydroxyl groups excluding tert-OH is 1. The van der Waals surface area contributed by atoms with E-state index in [1.807, 2.05) is 0 Å². The van der Waals surface area contributed by atoms with Crippen LogP contribution in [0.2, 0.25) is 0 Å². The van der Waals surface area contributed by atoms with Crippen LogP contribution in [0.3, 0.4) is 0 Å². The Morgan fingerprint density at radius 2 is 1.85 bits per heavy atom. The summed E-state index contributed by atoms with van der Waals surface area (Å²) in [4.78, 5) is 0. The third-order valence-corrected chi connectivity index (χ3v) is 1.72. The van der Waals surface area contributed by atoms with Crippen molar-refractivity contribution in [3.63, 3.8) is 0 Å². The molecule has 13 heavy (non-hydrogen) atoms. The topological polar surface area (TPSA) is 20.2 Å².